The van der Waals surface area contributed by atoms with Gasteiger partial charge in [-0.25, -0.2) is 0 Å². The summed E-state index contributed by atoms with van der Waals surface area (Å²) in [6.45, 7) is 9.52. The summed E-state index contributed by atoms with van der Waals surface area (Å²) in [6, 6.07) is 9.19. The van der Waals surface area contributed by atoms with E-state index < -0.39 is 0 Å². The summed E-state index contributed by atoms with van der Waals surface area (Å²) >= 11 is 0. The lowest BCUT2D eigenvalue weighted by molar-refractivity contribution is 0.185. The molecule has 1 atom stereocenters. The number of ether oxygens (including phenoxy) is 1. The van der Waals surface area contributed by atoms with E-state index >= 15 is 0 Å². The summed E-state index contributed by atoms with van der Waals surface area (Å²) in [5.41, 5.74) is 2.70. The molecule has 1 aliphatic rings. The lowest BCUT2D eigenvalue weighted by atomic mass is 9.98. The molecule has 1 fully saturated rings. The largest absolute Gasteiger partial charge is 0.380 e. The third-order valence-corrected chi connectivity index (χ3v) is 3.53. The molecule has 2 rings (SSSR count). The highest BCUT2D eigenvalue weighted by Gasteiger charge is 2.30. The number of nitrogens with one attached hydrogen (secondary N) is 1. The highest BCUT2D eigenvalue weighted by Crippen LogP contribution is 2.24. The van der Waals surface area contributed by atoms with Gasteiger partial charge in [0.05, 0.1) is 6.61 Å². The van der Waals surface area contributed by atoms with Crippen LogP contribution in [0.2, 0.25) is 0 Å². The Morgan fingerprint density at radius 2 is 2.22 bits per heavy atom. The molecule has 0 radical (unpaired) electrons. The molecule has 0 amide bonds. The average Bonchev–Trinajstić information content (AvgIpc) is 2.33. The van der Waals surface area contributed by atoms with Gasteiger partial charge in [-0.3, -0.25) is 0 Å². The monoisotopic (exact) mass is 248 g/mol. The molecule has 1 N–H and O–H groups in total. The molecule has 0 aliphatic carbocycles. The summed E-state index contributed by atoms with van der Waals surface area (Å²) in [7, 11) is 1.74. The van der Waals surface area contributed by atoms with Gasteiger partial charge in [0.1, 0.15) is 0 Å². The van der Waals surface area contributed by atoms with Crippen molar-refractivity contribution in [1.82, 2.24) is 5.32 Å². The maximum Gasteiger partial charge on any atom is 0.0713 e. The van der Waals surface area contributed by atoms with Crippen LogP contribution in [0, 0.1) is 0 Å². The number of hydrogen-bond acceptors (Lipinski definition) is 3. The van der Waals surface area contributed by atoms with E-state index in [4.69, 9.17) is 4.74 Å². The van der Waals surface area contributed by atoms with Crippen molar-refractivity contribution >= 4 is 5.69 Å². The first-order valence-electron chi connectivity index (χ1n) is 6.61. The van der Waals surface area contributed by atoms with Crippen LogP contribution in [-0.4, -0.2) is 31.8 Å². The second kappa shape index (κ2) is 5.29. The second-order valence-corrected chi connectivity index (χ2v) is 5.84. The van der Waals surface area contributed by atoms with Crippen molar-refractivity contribution in [2.24, 2.45) is 0 Å². The summed E-state index contributed by atoms with van der Waals surface area (Å²) < 4.78 is 5.21. The zero-order chi connectivity index (χ0) is 13.2. The average molecular weight is 248 g/mol. The number of benzene rings is 1. The van der Waals surface area contributed by atoms with Crippen LogP contribution in [0.15, 0.2) is 24.3 Å². The van der Waals surface area contributed by atoms with Crippen molar-refractivity contribution in [3.05, 3.63) is 29.8 Å². The third kappa shape index (κ3) is 3.03. The molecule has 1 heterocycles. The van der Waals surface area contributed by atoms with E-state index in [9.17, 15) is 0 Å². The van der Waals surface area contributed by atoms with Crippen LogP contribution in [0.25, 0.3) is 0 Å². The van der Waals surface area contributed by atoms with Gasteiger partial charge in [0, 0.05) is 37.5 Å². The van der Waals surface area contributed by atoms with Crippen molar-refractivity contribution in [3.8, 4) is 0 Å². The van der Waals surface area contributed by atoms with E-state index in [0.717, 1.165) is 13.1 Å². The van der Waals surface area contributed by atoms with Crippen molar-refractivity contribution in [3.63, 3.8) is 0 Å². The van der Waals surface area contributed by atoms with Crippen LogP contribution < -0.4 is 10.2 Å². The Morgan fingerprint density at radius 1 is 1.44 bits per heavy atom. The fraction of sp³-hybridized carbons (Fsp3) is 0.600. The van der Waals surface area contributed by atoms with Crippen LogP contribution >= 0.6 is 0 Å². The van der Waals surface area contributed by atoms with Crippen molar-refractivity contribution in [1.29, 1.82) is 0 Å². The summed E-state index contributed by atoms with van der Waals surface area (Å²) in [4.78, 5) is 2.48. The number of nitrogens with zero attached hydrogens (tertiary/aromatic N) is 1. The topological polar surface area (TPSA) is 24.5 Å². The minimum absolute atomic E-state index is 0.170. The van der Waals surface area contributed by atoms with Gasteiger partial charge in [0.25, 0.3) is 0 Å². The van der Waals surface area contributed by atoms with E-state index in [1.165, 1.54) is 11.3 Å². The zero-order valence-corrected chi connectivity index (χ0v) is 11.9. The van der Waals surface area contributed by atoms with Gasteiger partial charge in [-0.1, -0.05) is 12.1 Å². The Bertz CT molecular complexity index is 403. The first kappa shape index (κ1) is 13.4. The van der Waals surface area contributed by atoms with Gasteiger partial charge < -0.3 is 15.0 Å². The molecule has 3 nitrogen and oxygen atoms in total. The quantitative estimate of drug-likeness (QED) is 0.889. The minimum Gasteiger partial charge on any atom is -0.380 e. The molecule has 1 unspecified atom stereocenters. The first-order chi connectivity index (χ1) is 8.52. The third-order valence-electron chi connectivity index (χ3n) is 3.53. The van der Waals surface area contributed by atoms with Crippen LogP contribution in [0.3, 0.4) is 0 Å². The molecule has 0 aromatic heterocycles. The smallest absolute Gasteiger partial charge is 0.0713 e. The summed E-state index contributed by atoms with van der Waals surface area (Å²) in [5.74, 6) is 0. The van der Waals surface area contributed by atoms with Crippen LogP contribution in [0.5, 0.6) is 0 Å². The maximum atomic E-state index is 5.21. The van der Waals surface area contributed by atoms with Crippen LogP contribution in [0.1, 0.15) is 26.3 Å². The highest BCUT2D eigenvalue weighted by atomic mass is 16.5. The molecule has 0 saturated carbocycles. The van der Waals surface area contributed by atoms with Crippen LogP contribution in [-0.2, 0) is 11.3 Å². The standard InChI is InChI=1S/C15H24N2O/c1-12-9-16-15(2,3)11-17(12)14-7-5-6-13(8-14)10-18-4/h5-8,12,16H,9-11H2,1-4H3. The van der Waals surface area contributed by atoms with E-state index in [1.807, 2.05) is 0 Å². The molecule has 100 valence electrons. The van der Waals surface area contributed by atoms with Gasteiger partial charge in [0.2, 0.25) is 0 Å². The Labute approximate surface area is 110 Å². The molecule has 0 bridgehead atoms. The fourth-order valence-electron chi connectivity index (χ4n) is 2.51. The van der Waals surface area contributed by atoms with Gasteiger partial charge in [0.15, 0.2) is 0 Å². The molecular weight excluding hydrogens is 224 g/mol. The highest BCUT2D eigenvalue weighted by molar-refractivity contribution is 5.50. The first-order valence-corrected chi connectivity index (χ1v) is 6.61. The molecular formula is C15H24N2O. The summed E-state index contributed by atoms with van der Waals surface area (Å²) in [6.07, 6.45) is 0. The van der Waals surface area contributed by atoms with Gasteiger partial charge in [-0.15, -0.1) is 0 Å². The predicted octanol–water partition coefficient (Wildman–Crippen LogP) is 2.41. The number of rotatable bonds is 3. The molecule has 18 heavy (non-hydrogen) atoms. The molecule has 0 spiro atoms. The normalized spacial score (nSPS) is 23.1. The van der Waals surface area contributed by atoms with Gasteiger partial charge in [-0.05, 0) is 38.5 Å². The van der Waals surface area contributed by atoms with Crippen molar-refractivity contribution < 1.29 is 4.74 Å². The van der Waals surface area contributed by atoms with E-state index in [1.54, 1.807) is 7.11 Å². The molecule has 1 aliphatic heterocycles. The molecule has 3 heteroatoms. The van der Waals surface area contributed by atoms with Gasteiger partial charge in [-0.2, -0.15) is 0 Å². The van der Waals surface area contributed by atoms with Gasteiger partial charge >= 0.3 is 0 Å². The maximum absolute atomic E-state index is 5.21. The van der Waals surface area contributed by atoms with Crippen molar-refractivity contribution in [2.45, 2.75) is 39.0 Å². The number of methoxy groups -OCH3 is 1. The number of piperazine rings is 1. The van der Waals surface area contributed by atoms with E-state index in [2.05, 4.69) is 55.3 Å². The Kier molecular flexibility index (Phi) is 3.93. The zero-order valence-electron chi connectivity index (χ0n) is 11.9. The fourth-order valence-corrected chi connectivity index (χ4v) is 2.51. The molecule has 1 aromatic carbocycles. The lowest BCUT2D eigenvalue weighted by Gasteiger charge is -2.44. The van der Waals surface area contributed by atoms with E-state index in [-0.39, 0.29) is 5.54 Å². The minimum atomic E-state index is 0.170. The predicted molar refractivity (Wildman–Crippen MR) is 76.0 cm³/mol. The summed E-state index contributed by atoms with van der Waals surface area (Å²) in [5, 5.41) is 3.58. The number of anilines is 1. The van der Waals surface area contributed by atoms with E-state index in [0.29, 0.717) is 12.6 Å². The number of hydrogen-bond donors (Lipinski definition) is 1. The van der Waals surface area contributed by atoms with Crippen LogP contribution in [0.4, 0.5) is 5.69 Å². The molecule has 1 saturated heterocycles. The Balaban J connectivity index is 2.20. The lowest BCUT2D eigenvalue weighted by Crippen LogP contribution is -2.61. The SMILES string of the molecule is COCc1cccc(N2CC(C)(C)NCC2C)c1. The second-order valence-electron chi connectivity index (χ2n) is 5.84. The van der Waals surface area contributed by atoms with Crippen molar-refractivity contribution in [2.75, 3.05) is 25.1 Å². The Hall–Kier alpha value is -1.06. The Morgan fingerprint density at radius 3 is 2.94 bits per heavy atom. The molecule has 1 aromatic rings.